The lowest BCUT2D eigenvalue weighted by molar-refractivity contribution is -0.720. The fraction of sp³-hybridized carbons (Fsp3) is 0.123. The second kappa shape index (κ2) is 32.2. The van der Waals surface area contributed by atoms with Crippen LogP contribution >= 0.6 is 0 Å². The van der Waals surface area contributed by atoms with Crippen LogP contribution in [-0.4, -0.2) is 25.0 Å². The van der Waals surface area contributed by atoms with Crippen molar-refractivity contribution in [2.45, 2.75) is 62.2 Å². The van der Waals surface area contributed by atoms with E-state index in [1.165, 1.54) is 39.0 Å². The zero-order chi connectivity index (χ0) is 93.3. The van der Waals surface area contributed by atoms with Crippen molar-refractivity contribution in [2.75, 3.05) is 0 Å². The van der Waals surface area contributed by atoms with Gasteiger partial charge in [-0.1, -0.05) is 199 Å². The Kier molecular flexibility index (Phi) is 18.3. The number of nitrogens with zero attached hydrogens (tertiary/aromatic N) is 10. The molecule has 10 aromatic heterocycles. The van der Waals surface area contributed by atoms with Gasteiger partial charge in [0.15, 0.2) is 35.1 Å². The molecule has 0 aliphatic carbocycles. The Morgan fingerprint density at radius 3 is 1.12 bits per heavy atom. The van der Waals surface area contributed by atoms with Gasteiger partial charge >= 0.3 is 23.3 Å². The molecule has 129 heavy (non-hydrogen) atoms. The van der Waals surface area contributed by atoms with Crippen molar-refractivity contribution in [1.29, 1.82) is 0 Å². The SMILES string of the molecule is Cc1cc2c(oc3c4ccccc4ccc23)c(-c2nccc[n+]2C)c1C.Cc1cc[n+](C)c(-c2c(C)ccc3c2oc2c4ccccc4ccc32)n1.Cc1ccc2c(oc3c4ccccc4ccc23)c1-c1cccn[n+]1C.[2H]C([2H])([2H])c1cc(C)c(-c2nccc[n+]2C)c2oc3c4ccccc4ccc3c12.[2H]C([2H])([2H])c1cnc(-c2c(C)ccc3c2oc2c4ccccc4ccc32)[n+](C)c1. The first kappa shape index (κ1) is 73.4. The number of rotatable bonds is 5. The highest BCUT2D eigenvalue weighted by Crippen LogP contribution is 2.47. The number of hydrogen-bond donors (Lipinski definition) is 0. The number of aryl methyl sites for hydroxylation is 13. The summed E-state index contributed by atoms with van der Waals surface area (Å²) >= 11 is 0. The predicted octanol–water partition coefficient (Wildman–Crippen LogP) is 25.9. The Bertz CT molecular complexity index is 9180. The Morgan fingerprint density at radius 1 is 0.271 bits per heavy atom. The summed E-state index contributed by atoms with van der Waals surface area (Å²) in [5.74, 6) is 3.25. The van der Waals surface area contributed by atoms with E-state index in [1.54, 1.807) is 29.2 Å². The van der Waals surface area contributed by atoms with E-state index in [2.05, 4.69) is 234 Å². The zero-order valence-corrected chi connectivity index (χ0v) is 73.5. The highest BCUT2D eigenvalue weighted by atomic mass is 16.3. The normalized spacial score (nSPS) is 12.5. The molecule has 0 aliphatic rings. The molecule has 15 heteroatoms. The summed E-state index contributed by atoms with van der Waals surface area (Å²) in [6.45, 7) is 10.0. The van der Waals surface area contributed by atoms with Crippen molar-refractivity contribution in [2.24, 2.45) is 35.2 Å². The summed E-state index contributed by atoms with van der Waals surface area (Å²) < 4.78 is 89.2. The van der Waals surface area contributed by atoms with E-state index < -0.39 is 13.7 Å². The molecule has 0 spiro atoms. The fourth-order valence-corrected chi connectivity index (χ4v) is 18.7. The maximum Gasteiger partial charge on any atom is 0.334 e. The lowest BCUT2D eigenvalue weighted by Crippen LogP contribution is -2.35. The van der Waals surface area contributed by atoms with Crippen LogP contribution in [0.1, 0.15) is 58.4 Å². The van der Waals surface area contributed by atoms with Crippen LogP contribution in [0.2, 0.25) is 0 Å². The molecule has 0 saturated heterocycles. The maximum absolute atomic E-state index is 8.12. The van der Waals surface area contributed by atoms with Gasteiger partial charge in [-0.15, -0.1) is 0 Å². The van der Waals surface area contributed by atoms with E-state index in [0.29, 0.717) is 27.9 Å². The van der Waals surface area contributed by atoms with E-state index in [-0.39, 0.29) is 5.56 Å². The highest BCUT2D eigenvalue weighted by molar-refractivity contribution is 6.22. The second-order valence-electron chi connectivity index (χ2n) is 33.5. The molecule has 25 rings (SSSR count). The van der Waals surface area contributed by atoms with Crippen LogP contribution in [0.3, 0.4) is 0 Å². The summed E-state index contributed by atoms with van der Waals surface area (Å²) in [6.07, 6.45) is 14.4. The predicted molar refractivity (Wildman–Crippen MR) is 521 cm³/mol. The van der Waals surface area contributed by atoms with Gasteiger partial charge in [0, 0.05) is 126 Å². The van der Waals surface area contributed by atoms with E-state index in [1.807, 2.05) is 167 Å². The van der Waals surface area contributed by atoms with Crippen molar-refractivity contribution < 1.29 is 53.3 Å². The van der Waals surface area contributed by atoms with Crippen molar-refractivity contribution in [3.05, 3.63) is 361 Å². The van der Waals surface area contributed by atoms with Gasteiger partial charge in [0.25, 0.3) is 0 Å². The molecule has 0 atom stereocenters. The summed E-state index contributed by atoms with van der Waals surface area (Å²) in [5.41, 5.74) is 22.6. The van der Waals surface area contributed by atoms with Gasteiger partial charge in [-0.2, -0.15) is 0 Å². The first-order valence-corrected chi connectivity index (χ1v) is 43.1. The third-order valence-electron chi connectivity index (χ3n) is 25.3. The number of hydrogen-bond acceptors (Lipinski definition) is 10. The van der Waals surface area contributed by atoms with Crippen molar-refractivity contribution in [3.8, 4) is 56.8 Å². The Hall–Kier alpha value is -16.0. The smallest absolute Gasteiger partial charge is 0.334 e. The quantitative estimate of drug-likeness (QED) is 0.152. The van der Waals surface area contributed by atoms with Crippen LogP contribution in [0.5, 0.6) is 0 Å². The second-order valence-corrected chi connectivity index (χ2v) is 33.5. The van der Waals surface area contributed by atoms with Gasteiger partial charge < -0.3 is 22.1 Å². The summed E-state index contributed by atoms with van der Waals surface area (Å²) in [6, 6.07) is 89.0. The van der Waals surface area contributed by atoms with E-state index in [4.69, 9.17) is 35.3 Å². The van der Waals surface area contributed by atoms with E-state index in [9.17, 15) is 0 Å². The van der Waals surface area contributed by atoms with Crippen LogP contribution in [-0.2, 0) is 35.2 Å². The number of benzene rings is 15. The molecule has 0 aliphatic heterocycles. The standard InChI is InChI=1S/4C23H19N2O.C22H17N2O/c1-14-13-19-18-10-9-16-7-4-5-8-17(16)21(18)26-22(19)20(15(14)2)23-24-11-6-12-25(23)3;1-14-13-15(2)20(23-24-11-6-12-25(23)3)22-19(14)18-10-9-16-7-4-5-8-17(16)21(18)26-22;1-14-12-24-23(25(3)13-14)20-15(2)8-10-19-18-11-9-16-6-4-5-7-17(16)21(18)26-22(19)20;1-14-8-10-19-18-11-9-16-6-4-5-7-17(16)21(18)26-22(19)20(14)23-24-15(2)12-13-25(23)3;1-14-9-11-18-17-12-10-15-6-3-4-7-16(15)21(17)25-22(18)20(14)19-8-5-13-23-24(19)2/h4*4-13H,1-3H3;3-13H,1-2H3/q5*+1/i;2*1D3;;. The van der Waals surface area contributed by atoms with E-state index >= 15 is 0 Å². The van der Waals surface area contributed by atoms with Gasteiger partial charge in [-0.3, -0.25) is 0 Å². The Balaban J connectivity index is 0.000000101. The minimum atomic E-state index is -2.25. The molecule has 624 valence electrons. The van der Waals surface area contributed by atoms with Crippen LogP contribution in [0, 0.1) is 62.2 Å². The molecule has 0 saturated carbocycles. The Morgan fingerprint density at radius 2 is 0.659 bits per heavy atom. The average molecular weight is 1690 g/mol. The van der Waals surface area contributed by atoms with Crippen molar-refractivity contribution in [3.63, 3.8) is 0 Å². The fourth-order valence-electron chi connectivity index (χ4n) is 18.7. The minimum absolute atomic E-state index is 0.212. The average Bonchev–Trinajstić information content (AvgIpc) is 1.59. The Labute approximate surface area is 752 Å². The lowest BCUT2D eigenvalue weighted by Gasteiger charge is -2.07. The summed E-state index contributed by atoms with van der Waals surface area (Å²) in [5, 5.41) is 26.0. The molecule has 15 aromatic carbocycles. The summed E-state index contributed by atoms with van der Waals surface area (Å²) in [7, 11) is 9.75. The van der Waals surface area contributed by atoms with Crippen LogP contribution in [0.25, 0.3) is 220 Å². The monoisotopic (exact) mass is 1690 g/mol. The molecule has 10 heterocycles. The number of furan rings is 5. The lowest BCUT2D eigenvalue weighted by atomic mass is 9.97. The molecular weight excluding hydrogens is 1590 g/mol. The molecule has 0 fully saturated rings. The molecule has 15 nitrogen and oxygen atoms in total. The van der Waals surface area contributed by atoms with Crippen molar-refractivity contribution in [1.82, 2.24) is 25.0 Å². The largest absolute Gasteiger partial charge is 0.454 e. The van der Waals surface area contributed by atoms with Gasteiger partial charge in [0.05, 0.1) is 64.7 Å². The molecule has 0 amide bonds. The molecule has 25 aromatic rings. The molecule has 0 N–H and O–H groups in total. The summed E-state index contributed by atoms with van der Waals surface area (Å²) in [4.78, 5) is 18.5. The molecule has 0 bridgehead atoms. The van der Waals surface area contributed by atoms with Crippen LogP contribution in [0.4, 0.5) is 0 Å². The molecule has 0 unspecified atom stereocenters. The van der Waals surface area contributed by atoms with Crippen LogP contribution < -0.4 is 23.0 Å². The zero-order valence-electron chi connectivity index (χ0n) is 79.5. The van der Waals surface area contributed by atoms with E-state index in [0.717, 1.165) is 204 Å². The van der Waals surface area contributed by atoms with Gasteiger partial charge in [-0.05, 0) is 189 Å². The van der Waals surface area contributed by atoms with Crippen LogP contribution in [0.15, 0.2) is 333 Å². The molecular formula is C114H93N10O5+5. The third-order valence-corrected chi connectivity index (χ3v) is 25.3. The highest BCUT2D eigenvalue weighted by Gasteiger charge is 2.31. The number of aromatic nitrogens is 10. The minimum Gasteiger partial charge on any atom is -0.454 e. The van der Waals surface area contributed by atoms with Gasteiger partial charge in [0.1, 0.15) is 74.3 Å². The first-order valence-electron chi connectivity index (χ1n) is 46.1. The van der Waals surface area contributed by atoms with Gasteiger partial charge in [-0.25, -0.2) is 18.3 Å². The first-order chi connectivity index (χ1) is 65.2. The van der Waals surface area contributed by atoms with Crippen molar-refractivity contribution >= 4 is 164 Å². The maximum atomic E-state index is 8.12. The third kappa shape index (κ3) is 13.7. The molecule has 0 radical (unpaired) electrons. The van der Waals surface area contributed by atoms with Gasteiger partial charge in [0.2, 0.25) is 5.69 Å². The topological polar surface area (TPSA) is 150 Å². The number of fused-ring (bicyclic) bond motifs is 25.